The molecule has 20 heavy (non-hydrogen) atoms. The minimum absolute atomic E-state index is 0.0311. The molecule has 1 heterocycles. The Kier molecular flexibility index (Phi) is 4.70. The van der Waals surface area contributed by atoms with Gasteiger partial charge in [0.25, 0.3) is 0 Å². The van der Waals surface area contributed by atoms with Crippen LogP contribution in [0.2, 0.25) is 0 Å². The van der Waals surface area contributed by atoms with Gasteiger partial charge in [-0.1, -0.05) is 5.16 Å². The summed E-state index contributed by atoms with van der Waals surface area (Å²) in [5.74, 6) is 0.866. The first-order valence-electron chi connectivity index (χ1n) is 6.84. The highest BCUT2D eigenvalue weighted by molar-refractivity contribution is 5.76. The summed E-state index contributed by atoms with van der Waals surface area (Å²) >= 11 is 0. The highest BCUT2D eigenvalue weighted by Crippen LogP contribution is 2.38. The lowest BCUT2D eigenvalue weighted by molar-refractivity contribution is -0.138. The number of aromatic nitrogens is 2. The number of hydrogen-bond donors (Lipinski definition) is 1. The van der Waals surface area contributed by atoms with Crippen LogP contribution in [0.4, 0.5) is 0 Å². The lowest BCUT2D eigenvalue weighted by atomic mass is 10.2. The summed E-state index contributed by atoms with van der Waals surface area (Å²) in [5, 5.41) is 12.5. The monoisotopic (exact) mass is 281 g/mol. The van der Waals surface area contributed by atoms with Crippen molar-refractivity contribution >= 4 is 11.9 Å². The topological polar surface area (TPSA) is 96.5 Å². The number of rotatable bonds is 8. The minimum atomic E-state index is -0.900. The van der Waals surface area contributed by atoms with Gasteiger partial charge in [-0.05, 0) is 19.3 Å². The summed E-state index contributed by atoms with van der Waals surface area (Å²) in [4.78, 5) is 27.9. The molecule has 1 aromatic rings. The van der Waals surface area contributed by atoms with Crippen LogP contribution in [-0.4, -0.2) is 45.6 Å². The molecule has 1 aliphatic carbocycles. The number of carboxylic acids is 1. The van der Waals surface area contributed by atoms with Gasteiger partial charge in [0.2, 0.25) is 11.8 Å². The average Bonchev–Trinajstić information content (AvgIpc) is 3.16. The van der Waals surface area contributed by atoms with Crippen LogP contribution in [0.15, 0.2) is 4.52 Å². The molecule has 0 aromatic carbocycles. The predicted molar refractivity (Wildman–Crippen MR) is 69.1 cm³/mol. The highest BCUT2D eigenvalue weighted by atomic mass is 16.5. The average molecular weight is 281 g/mol. The Hall–Kier alpha value is -1.92. The van der Waals surface area contributed by atoms with Crippen molar-refractivity contribution < 1.29 is 19.2 Å². The van der Waals surface area contributed by atoms with Crippen molar-refractivity contribution in [3.05, 3.63) is 11.7 Å². The first kappa shape index (κ1) is 14.5. The van der Waals surface area contributed by atoms with E-state index in [1.54, 1.807) is 7.05 Å². The Balaban J connectivity index is 1.66. The van der Waals surface area contributed by atoms with Crippen LogP contribution in [-0.2, 0) is 16.0 Å². The van der Waals surface area contributed by atoms with Gasteiger partial charge >= 0.3 is 5.97 Å². The summed E-state index contributed by atoms with van der Waals surface area (Å²) < 4.78 is 5.12. The van der Waals surface area contributed by atoms with Crippen molar-refractivity contribution in [2.24, 2.45) is 0 Å². The van der Waals surface area contributed by atoms with E-state index in [1.807, 2.05) is 0 Å². The molecule has 110 valence electrons. The minimum Gasteiger partial charge on any atom is -0.481 e. The van der Waals surface area contributed by atoms with Gasteiger partial charge < -0.3 is 14.5 Å². The maximum absolute atomic E-state index is 11.7. The quantitative estimate of drug-likeness (QED) is 0.769. The first-order chi connectivity index (χ1) is 9.56. The second kappa shape index (κ2) is 6.49. The van der Waals surface area contributed by atoms with Crippen molar-refractivity contribution in [3.8, 4) is 0 Å². The lowest BCUT2D eigenvalue weighted by Crippen LogP contribution is -2.28. The van der Waals surface area contributed by atoms with E-state index < -0.39 is 5.97 Å². The molecule has 7 nitrogen and oxygen atoms in total. The predicted octanol–water partition coefficient (Wildman–Crippen LogP) is 1.20. The number of aryl methyl sites for hydroxylation is 1. The Labute approximate surface area is 117 Å². The van der Waals surface area contributed by atoms with Crippen molar-refractivity contribution in [1.82, 2.24) is 15.0 Å². The Morgan fingerprint density at radius 1 is 1.40 bits per heavy atom. The molecule has 0 spiro atoms. The lowest BCUT2D eigenvalue weighted by Gasteiger charge is -2.15. The number of nitrogens with zero attached hydrogens (tertiary/aromatic N) is 3. The molecule has 0 bridgehead atoms. The summed E-state index contributed by atoms with van der Waals surface area (Å²) in [6, 6.07) is 0. The van der Waals surface area contributed by atoms with E-state index in [0.717, 1.165) is 18.7 Å². The largest absolute Gasteiger partial charge is 0.481 e. The Morgan fingerprint density at radius 3 is 2.80 bits per heavy atom. The van der Waals surface area contributed by atoms with Gasteiger partial charge in [-0.25, -0.2) is 0 Å². The van der Waals surface area contributed by atoms with Gasteiger partial charge in [-0.3, -0.25) is 9.59 Å². The van der Waals surface area contributed by atoms with Crippen LogP contribution in [0.3, 0.4) is 0 Å². The van der Waals surface area contributed by atoms with Crippen LogP contribution in [0.5, 0.6) is 0 Å². The number of carboxylic acid groups (broad SMARTS) is 1. The smallest absolute Gasteiger partial charge is 0.305 e. The van der Waals surface area contributed by atoms with Gasteiger partial charge in [0.15, 0.2) is 5.82 Å². The summed E-state index contributed by atoms with van der Waals surface area (Å²) in [6.45, 7) is 0.237. The van der Waals surface area contributed by atoms with Crippen LogP contribution in [0, 0.1) is 0 Å². The molecule has 1 amide bonds. The fourth-order valence-electron chi connectivity index (χ4n) is 1.85. The third-order valence-corrected chi connectivity index (χ3v) is 3.29. The van der Waals surface area contributed by atoms with Gasteiger partial charge in [0, 0.05) is 32.4 Å². The molecule has 7 heteroatoms. The van der Waals surface area contributed by atoms with Crippen LogP contribution in [0.25, 0.3) is 0 Å². The van der Waals surface area contributed by atoms with Crippen LogP contribution >= 0.6 is 0 Å². The second-order valence-corrected chi connectivity index (χ2v) is 5.13. The van der Waals surface area contributed by atoms with E-state index in [2.05, 4.69) is 10.1 Å². The maximum Gasteiger partial charge on any atom is 0.305 e. The standard InChI is InChI=1S/C13H19N3O4/c1-16(8-7-12(18)19)11(17)4-2-3-10-14-13(15-20-10)9-5-6-9/h9H,2-8H2,1H3,(H,18,19). The summed E-state index contributed by atoms with van der Waals surface area (Å²) in [6.07, 6.45) is 3.80. The molecule has 0 unspecified atom stereocenters. The molecule has 0 saturated heterocycles. The summed E-state index contributed by atoms with van der Waals surface area (Å²) in [5.41, 5.74) is 0. The second-order valence-electron chi connectivity index (χ2n) is 5.13. The van der Waals surface area contributed by atoms with Crippen molar-refractivity contribution in [2.75, 3.05) is 13.6 Å². The number of hydrogen-bond acceptors (Lipinski definition) is 5. The molecule has 1 aromatic heterocycles. The normalized spacial score (nSPS) is 14.2. The molecule has 1 aliphatic rings. The molecule has 1 saturated carbocycles. The molecule has 1 fully saturated rings. The fourth-order valence-corrected chi connectivity index (χ4v) is 1.85. The van der Waals surface area contributed by atoms with Crippen molar-refractivity contribution in [3.63, 3.8) is 0 Å². The number of carbonyl (C=O) groups excluding carboxylic acids is 1. The highest BCUT2D eigenvalue weighted by Gasteiger charge is 2.28. The molecule has 0 aliphatic heterocycles. The van der Waals surface area contributed by atoms with Crippen LogP contribution in [0.1, 0.15) is 49.7 Å². The molecule has 0 radical (unpaired) electrons. The zero-order valence-corrected chi connectivity index (χ0v) is 11.5. The number of aliphatic carboxylic acids is 1. The zero-order valence-electron chi connectivity index (χ0n) is 11.5. The van der Waals surface area contributed by atoms with Gasteiger partial charge in [-0.2, -0.15) is 4.98 Å². The molecular weight excluding hydrogens is 262 g/mol. The van der Waals surface area contributed by atoms with E-state index in [1.165, 1.54) is 4.90 Å². The Morgan fingerprint density at radius 2 is 2.15 bits per heavy atom. The van der Waals surface area contributed by atoms with Crippen molar-refractivity contribution in [1.29, 1.82) is 0 Å². The number of amides is 1. The maximum atomic E-state index is 11.7. The first-order valence-corrected chi connectivity index (χ1v) is 6.84. The molecule has 1 N–H and O–H groups in total. The zero-order chi connectivity index (χ0) is 14.5. The SMILES string of the molecule is CN(CCC(=O)O)C(=O)CCCc1nc(C2CC2)no1. The van der Waals surface area contributed by atoms with E-state index in [9.17, 15) is 9.59 Å². The van der Waals surface area contributed by atoms with Gasteiger partial charge in [-0.15, -0.1) is 0 Å². The molecular formula is C13H19N3O4. The summed E-state index contributed by atoms with van der Waals surface area (Å²) in [7, 11) is 1.61. The van der Waals surface area contributed by atoms with E-state index in [-0.39, 0.29) is 18.9 Å². The van der Waals surface area contributed by atoms with E-state index >= 15 is 0 Å². The third-order valence-electron chi connectivity index (χ3n) is 3.29. The van der Waals surface area contributed by atoms with Crippen LogP contribution < -0.4 is 0 Å². The molecule has 2 rings (SSSR count). The van der Waals surface area contributed by atoms with Gasteiger partial charge in [0.1, 0.15) is 0 Å². The fraction of sp³-hybridized carbons (Fsp3) is 0.692. The third kappa shape index (κ3) is 4.32. The van der Waals surface area contributed by atoms with E-state index in [4.69, 9.17) is 9.63 Å². The Bertz CT molecular complexity index is 482. The van der Waals surface area contributed by atoms with Gasteiger partial charge in [0.05, 0.1) is 6.42 Å². The van der Waals surface area contributed by atoms with Crippen molar-refractivity contribution in [2.45, 2.75) is 44.4 Å². The number of carbonyl (C=O) groups is 2. The van der Waals surface area contributed by atoms with E-state index in [0.29, 0.717) is 31.1 Å². The molecule has 0 atom stereocenters.